The minimum absolute atomic E-state index is 0.0529. The summed E-state index contributed by atoms with van der Waals surface area (Å²) in [6.07, 6.45) is 6.02. The van der Waals surface area contributed by atoms with E-state index in [1.165, 1.54) is 12.3 Å². The lowest BCUT2D eigenvalue weighted by Gasteiger charge is -2.02. The number of aryl methyl sites for hydroxylation is 1. The quantitative estimate of drug-likeness (QED) is 0.577. The van der Waals surface area contributed by atoms with Crippen LogP contribution in [0.1, 0.15) is 21.7 Å². The van der Waals surface area contributed by atoms with E-state index < -0.39 is 0 Å². The highest BCUT2D eigenvalue weighted by Crippen LogP contribution is 2.33. The van der Waals surface area contributed by atoms with Crippen LogP contribution < -0.4 is 0 Å². The molecular weight excluding hydrogens is 256 g/mol. The lowest BCUT2D eigenvalue weighted by Crippen LogP contribution is -1.95. The number of fused-ring (bicyclic) bond motifs is 1. The number of benzene rings is 1. The molecule has 2 heterocycles. The number of phenols is 1. The van der Waals surface area contributed by atoms with E-state index in [1.54, 1.807) is 36.6 Å². The molecule has 2 aromatic heterocycles. The van der Waals surface area contributed by atoms with Crippen molar-refractivity contribution in [2.75, 3.05) is 0 Å². The summed E-state index contributed by atoms with van der Waals surface area (Å²) in [4.78, 5) is 12.1. The molecule has 4 heteroatoms. The highest BCUT2D eigenvalue weighted by molar-refractivity contribution is 6.11. The summed E-state index contributed by atoms with van der Waals surface area (Å²) in [5.74, 6) is 0.239. The summed E-state index contributed by atoms with van der Waals surface area (Å²) in [6, 6.07) is 6.71. The van der Waals surface area contributed by atoms with Crippen LogP contribution in [0.15, 0.2) is 51.7 Å². The van der Waals surface area contributed by atoms with E-state index in [2.05, 4.69) is 0 Å². The Morgan fingerprint density at radius 3 is 2.85 bits per heavy atom. The van der Waals surface area contributed by atoms with E-state index >= 15 is 0 Å². The number of hydrogen-bond donors (Lipinski definition) is 1. The van der Waals surface area contributed by atoms with E-state index in [1.807, 2.05) is 6.92 Å². The molecule has 0 aliphatic heterocycles. The monoisotopic (exact) mass is 268 g/mol. The zero-order valence-corrected chi connectivity index (χ0v) is 10.8. The predicted octanol–water partition coefficient (Wildman–Crippen LogP) is 3.94. The van der Waals surface area contributed by atoms with Crippen molar-refractivity contribution in [3.05, 3.63) is 59.8 Å². The third-order valence-electron chi connectivity index (χ3n) is 3.10. The van der Waals surface area contributed by atoms with Gasteiger partial charge in [0.1, 0.15) is 17.1 Å². The second-order valence-electron chi connectivity index (χ2n) is 4.47. The topological polar surface area (TPSA) is 63.6 Å². The second-order valence-corrected chi connectivity index (χ2v) is 4.47. The Kier molecular flexibility index (Phi) is 2.91. The van der Waals surface area contributed by atoms with E-state index in [-0.39, 0.29) is 17.1 Å². The predicted molar refractivity (Wildman–Crippen MR) is 74.7 cm³/mol. The van der Waals surface area contributed by atoms with Crippen LogP contribution >= 0.6 is 0 Å². The first-order chi connectivity index (χ1) is 9.66. The van der Waals surface area contributed by atoms with Gasteiger partial charge in [-0.1, -0.05) is 0 Å². The first kappa shape index (κ1) is 12.3. The molecule has 0 radical (unpaired) electrons. The molecule has 0 unspecified atom stereocenters. The molecule has 0 bridgehead atoms. The number of furan rings is 2. The molecule has 20 heavy (non-hydrogen) atoms. The molecule has 100 valence electrons. The molecule has 0 fully saturated rings. The van der Waals surface area contributed by atoms with Crippen LogP contribution in [0, 0.1) is 6.92 Å². The maximum Gasteiger partial charge on any atom is 0.189 e. The molecule has 0 aliphatic carbocycles. The molecule has 1 N–H and O–H groups in total. The van der Waals surface area contributed by atoms with Gasteiger partial charge in [0.05, 0.1) is 23.5 Å². The standard InChI is InChI=1S/C16H12O4/c1-10-9-20-14-7-5-12(16(18)15(10)14)13(17)6-4-11-3-2-8-19-11/h2-9,18H,1H3/b6-4+. The van der Waals surface area contributed by atoms with Crippen LogP contribution in [0.4, 0.5) is 0 Å². The Balaban J connectivity index is 1.99. The van der Waals surface area contributed by atoms with Crippen LogP contribution in [-0.4, -0.2) is 10.9 Å². The Hall–Kier alpha value is -2.75. The number of phenolic OH excluding ortho intramolecular Hbond substituents is 1. The molecule has 0 saturated heterocycles. The molecule has 0 aliphatic rings. The van der Waals surface area contributed by atoms with Gasteiger partial charge in [-0.25, -0.2) is 0 Å². The maximum atomic E-state index is 12.1. The highest BCUT2D eigenvalue weighted by atomic mass is 16.3. The minimum atomic E-state index is -0.290. The summed E-state index contributed by atoms with van der Waals surface area (Å²) < 4.78 is 10.4. The van der Waals surface area contributed by atoms with Gasteiger partial charge in [-0.3, -0.25) is 4.79 Å². The van der Waals surface area contributed by atoms with Gasteiger partial charge in [0, 0.05) is 0 Å². The smallest absolute Gasteiger partial charge is 0.189 e. The zero-order chi connectivity index (χ0) is 14.1. The van der Waals surface area contributed by atoms with E-state index in [0.717, 1.165) is 5.56 Å². The van der Waals surface area contributed by atoms with Crippen molar-refractivity contribution >= 4 is 22.8 Å². The van der Waals surface area contributed by atoms with Gasteiger partial charge in [-0.2, -0.15) is 0 Å². The third kappa shape index (κ3) is 2.01. The maximum absolute atomic E-state index is 12.1. The van der Waals surface area contributed by atoms with E-state index in [0.29, 0.717) is 16.7 Å². The molecule has 3 aromatic rings. The molecule has 0 spiro atoms. The van der Waals surface area contributed by atoms with Crippen LogP contribution in [-0.2, 0) is 0 Å². The van der Waals surface area contributed by atoms with E-state index in [9.17, 15) is 9.90 Å². The molecule has 3 rings (SSSR count). The molecule has 0 atom stereocenters. The van der Waals surface area contributed by atoms with Gasteiger partial charge in [0.2, 0.25) is 0 Å². The Morgan fingerprint density at radius 2 is 2.10 bits per heavy atom. The van der Waals surface area contributed by atoms with Gasteiger partial charge < -0.3 is 13.9 Å². The van der Waals surface area contributed by atoms with Crippen LogP contribution in [0.5, 0.6) is 5.75 Å². The number of ketones is 1. The van der Waals surface area contributed by atoms with Crippen LogP contribution in [0.25, 0.3) is 17.0 Å². The van der Waals surface area contributed by atoms with Crippen LogP contribution in [0.2, 0.25) is 0 Å². The number of hydrogen-bond acceptors (Lipinski definition) is 4. The van der Waals surface area contributed by atoms with E-state index in [4.69, 9.17) is 8.83 Å². The zero-order valence-electron chi connectivity index (χ0n) is 10.8. The first-order valence-corrected chi connectivity index (χ1v) is 6.12. The van der Waals surface area contributed by atoms with Gasteiger partial charge in [-0.05, 0) is 48.9 Å². The number of aromatic hydroxyl groups is 1. The van der Waals surface area contributed by atoms with Crippen LogP contribution in [0.3, 0.4) is 0 Å². The summed E-state index contributed by atoms with van der Waals surface area (Å²) in [5.41, 5.74) is 1.60. The Labute approximate surface area is 114 Å². The number of carbonyl (C=O) groups excluding carboxylic acids is 1. The summed E-state index contributed by atoms with van der Waals surface area (Å²) in [5, 5.41) is 10.8. The van der Waals surface area contributed by atoms with Crippen molar-refractivity contribution < 1.29 is 18.7 Å². The number of rotatable bonds is 3. The fourth-order valence-corrected chi connectivity index (χ4v) is 2.10. The van der Waals surface area contributed by atoms with Gasteiger partial charge in [0.25, 0.3) is 0 Å². The van der Waals surface area contributed by atoms with Gasteiger partial charge >= 0.3 is 0 Å². The van der Waals surface area contributed by atoms with Crippen molar-refractivity contribution in [1.82, 2.24) is 0 Å². The first-order valence-electron chi connectivity index (χ1n) is 6.12. The number of allylic oxidation sites excluding steroid dienone is 1. The summed E-state index contributed by atoms with van der Waals surface area (Å²) >= 11 is 0. The molecule has 0 amide bonds. The lowest BCUT2D eigenvalue weighted by atomic mass is 10.0. The molecule has 4 nitrogen and oxygen atoms in total. The highest BCUT2D eigenvalue weighted by Gasteiger charge is 2.15. The molecule has 1 aromatic carbocycles. The number of carbonyl (C=O) groups is 1. The average Bonchev–Trinajstić information content (AvgIpc) is 3.07. The fraction of sp³-hybridized carbons (Fsp3) is 0.0625. The van der Waals surface area contributed by atoms with Crippen molar-refractivity contribution in [3.63, 3.8) is 0 Å². The van der Waals surface area contributed by atoms with Crippen molar-refractivity contribution in [2.45, 2.75) is 6.92 Å². The van der Waals surface area contributed by atoms with Crippen molar-refractivity contribution in [3.8, 4) is 5.75 Å². The Bertz CT molecular complexity index is 791. The Morgan fingerprint density at radius 1 is 1.25 bits per heavy atom. The largest absolute Gasteiger partial charge is 0.506 e. The average molecular weight is 268 g/mol. The van der Waals surface area contributed by atoms with Crippen molar-refractivity contribution in [1.29, 1.82) is 0 Å². The molecule has 0 saturated carbocycles. The molecular formula is C16H12O4. The van der Waals surface area contributed by atoms with Gasteiger partial charge in [-0.15, -0.1) is 0 Å². The second kappa shape index (κ2) is 4.74. The van der Waals surface area contributed by atoms with Crippen molar-refractivity contribution in [2.24, 2.45) is 0 Å². The summed E-state index contributed by atoms with van der Waals surface area (Å²) in [6.45, 7) is 1.82. The van der Waals surface area contributed by atoms with Gasteiger partial charge in [0.15, 0.2) is 5.78 Å². The lowest BCUT2D eigenvalue weighted by molar-refractivity contribution is 0.104. The third-order valence-corrected chi connectivity index (χ3v) is 3.10. The SMILES string of the molecule is Cc1coc2ccc(C(=O)/C=C/c3ccco3)c(O)c12. The fourth-order valence-electron chi connectivity index (χ4n) is 2.10. The minimum Gasteiger partial charge on any atom is -0.506 e. The normalized spacial score (nSPS) is 11.4. The summed E-state index contributed by atoms with van der Waals surface area (Å²) in [7, 11) is 0.